The van der Waals surface area contributed by atoms with Crippen LogP contribution in [-0.4, -0.2) is 74.2 Å². The largest absolute Gasteiger partial charge is 0.480 e. The lowest BCUT2D eigenvalue weighted by Crippen LogP contribution is -2.56. The Morgan fingerprint density at radius 3 is 2.47 bits per heavy atom. The van der Waals surface area contributed by atoms with Crippen LogP contribution >= 0.6 is 0 Å². The molecule has 258 valence electrons. The van der Waals surface area contributed by atoms with Crippen LogP contribution in [0.5, 0.6) is 0 Å². The first-order valence-corrected chi connectivity index (χ1v) is 18.3. The van der Waals surface area contributed by atoms with E-state index in [9.17, 15) is 32.7 Å². The van der Waals surface area contributed by atoms with Crippen molar-refractivity contribution in [3.8, 4) is 0 Å². The molecule has 6 atom stereocenters. The summed E-state index contributed by atoms with van der Waals surface area (Å²) in [6.07, 6.45) is 9.80. The molecule has 14 heteroatoms. The number of fused-ring (bicyclic) bond motifs is 1. The van der Waals surface area contributed by atoms with E-state index in [0.29, 0.717) is 31.0 Å². The highest BCUT2D eigenvalue weighted by Crippen LogP contribution is 2.48. The molecule has 4 fully saturated rings. The molecule has 13 nitrogen and oxygen atoms in total. The number of ether oxygens (including phenoxy) is 1. The van der Waals surface area contributed by atoms with Crippen LogP contribution in [0.25, 0.3) is 0 Å². The first-order valence-electron chi connectivity index (χ1n) is 16.8. The van der Waals surface area contributed by atoms with Gasteiger partial charge in [-0.3, -0.25) is 9.59 Å². The van der Waals surface area contributed by atoms with E-state index >= 15 is 0 Å². The molecule has 0 spiro atoms. The van der Waals surface area contributed by atoms with Crippen molar-refractivity contribution in [3.05, 3.63) is 36.9 Å². The molecular formula is C33H47N5O8S. The summed E-state index contributed by atoms with van der Waals surface area (Å²) in [5.41, 5.74) is -0.987. The summed E-state index contributed by atoms with van der Waals surface area (Å²) in [6.45, 7) is 5.01. The zero-order valence-electron chi connectivity index (χ0n) is 26.7. The fourth-order valence-corrected chi connectivity index (χ4v) is 8.12. The van der Waals surface area contributed by atoms with Crippen LogP contribution in [0.3, 0.4) is 0 Å². The van der Waals surface area contributed by atoms with Crippen LogP contribution in [0, 0.1) is 17.8 Å². The SMILES string of the molecule is C=C[C@@H]1C[C@]1(NC(=O)C1NCC2CC21)C(=O)NS(=O)(=O)c1ccccc1NCCCCCCC[C@H](NC(=O)OC1CCCC1)C(=O)O. The van der Waals surface area contributed by atoms with E-state index in [1.54, 1.807) is 24.3 Å². The van der Waals surface area contributed by atoms with Crippen molar-refractivity contribution in [2.75, 3.05) is 18.4 Å². The number of aliphatic carboxylic acids is 1. The highest BCUT2D eigenvalue weighted by Gasteiger charge is 2.62. The van der Waals surface area contributed by atoms with E-state index in [-0.39, 0.29) is 41.2 Å². The second kappa shape index (κ2) is 15.1. The molecule has 47 heavy (non-hydrogen) atoms. The topological polar surface area (TPSA) is 192 Å². The van der Waals surface area contributed by atoms with Gasteiger partial charge in [-0.2, -0.15) is 0 Å². The Hall–Kier alpha value is -3.65. The quantitative estimate of drug-likeness (QED) is 0.0997. The molecule has 0 bridgehead atoms. The third kappa shape index (κ3) is 8.64. The minimum Gasteiger partial charge on any atom is -0.480 e. The van der Waals surface area contributed by atoms with Crippen molar-refractivity contribution in [1.29, 1.82) is 0 Å². The van der Waals surface area contributed by atoms with E-state index in [0.717, 1.165) is 64.3 Å². The number of sulfonamides is 1. The van der Waals surface area contributed by atoms with Gasteiger partial charge in [0.25, 0.3) is 15.9 Å². The number of rotatable bonds is 18. The fraction of sp³-hybridized carbons (Fsp3) is 0.636. The zero-order chi connectivity index (χ0) is 33.6. The summed E-state index contributed by atoms with van der Waals surface area (Å²) >= 11 is 0. The number of unbranched alkanes of at least 4 members (excludes halogenated alkanes) is 4. The third-order valence-corrected chi connectivity index (χ3v) is 11.3. The molecular weight excluding hydrogens is 626 g/mol. The minimum absolute atomic E-state index is 0.0671. The normalized spacial score (nSPS) is 26.8. The summed E-state index contributed by atoms with van der Waals surface area (Å²) in [5, 5.41) is 21.1. The smallest absolute Gasteiger partial charge is 0.408 e. The van der Waals surface area contributed by atoms with Gasteiger partial charge in [0, 0.05) is 12.5 Å². The summed E-state index contributed by atoms with van der Waals surface area (Å²) in [5.74, 6) is -1.75. The van der Waals surface area contributed by atoms with E-state index in [1.165, 1.54) is 6.07 Å². The number of nitrogens with one attached hydrogen (secondary N) is 5. The van der Waals surface area contributed by atoms with Gasteiger partial charge in [-0.1, -0.05) is 43.9 Å². The maximum atomic E-state index is 13.4. The van der Waals surface area contributed by atoms with Crippen LogP contribution in [0.1, 0.15) is 77.0 Å². The van der Waals surface area contributed by atoms with Crippen molar-refractivity contribution >= 4 is 39.6 Å². The van der Waals surface area contributed by atoms with Crippen LogP contribution in [0.4, 0.5) is 10.5 Å². The molecule has 1 heterocycles. The van der Waals surface area contributed by atoms with Crippen LogP contribution < -0.4 is 26.0 Å². The number of piperidine rings is 1. The Labute approximate surface area is 276 Å². The molecule has 3 amide bonds. The van der Waals surface area contributed by atoms with Gasteiger partial charge < -0.3 is 31.1 Å². The zero-order valence-corrected chi connectivity index (χ0v) is 27.5. The second-order valence-corrected chi connectivity index (χ2v) is 15.0. The molecule has 0 radical (unpaired) electrons. The Bertz CT molecular complexity index is 1450. The third-order valence-electron chi connectivity index (χ3n) is 9.89. The minimum atomic E-state index is -4.26. The van der Waals surface area contributed by atoms with Gasteiger partial charge in [-0.15, -0.1) is 6.58 Å². The van der Waals surface area contributed by atoms with Crippen LogP contribution in [0.15, 0.2) is 41.8 Å². The van der Waals surface area contributed by atoms with Gasteiger partial charge in [0.2, 0.25) is 5.91 Å². The number of para-hydroxylation sites is 1. The summed E-state index contributed by atoms with van der Waals surface area (Å²) in [6, 6.07) is 4.98. The monoisotopic (exact) mass is 673 g/mol. The van der Waals surface area contributed by atoms with Crippen molar-refractivity contribution in [2.24, 2.45) is 17.8 Å². The molecule has 1 aliphatic heterocycles. The van der Waals surface area contributed by atoms with Crippen LogP contribution in [0.2, 0.25) is 0 Å². The Morgan fingerprint density at radius 2 is 1.81 bits per heavy atom. The van der Waals surface area contributed by atoms with Crippen molar-refractivity contribution < 1.29 is 37.4 Å². The number of carbonyl (C=O) groups excluding carboxylic acids is 3. The van der Waals surface area contributed by atoms with Gasteiger partial charge >= 0.3 is 12.1 Å². The summed E-state index contributed by atoms with van der Waals surface area (Å²) in [7, 11) is -4.26. The number of carboxylic acid groups (broad SMARTS) is 1. The summed E-state index contributed by atoms with van der Waals surface area (Å²) < 4.78 is 34.3. The Balaban J connectivity index is 1.04. The standard InChI is InChI=1S/C33H47N5O8S/c1-2-22-19-33(22,37-29(39)28-24-18-21(24)20-35-28)31(42)38-47(44,45)27-16-10-9-14-25(27)34-17-11-5-3-4-6-15-26(30(40)41)36-32(43)46-23-12-7-8-13-23/h2,9-10,14,16,21-24,26,28,34-35H,1,3-8,11-13,15,17-20H2,(H,36,43)(H,37,39)(H,38,42)(H,40,41)/t21?,22-,24?,26+,28?,33-/m1/s1. The predicted molar refractivity (Wildman–Crippen MR) is 174 cm³/mol. The predicted octanol–water partition coefficient (Wildman–Crippen LogP) is 3.03. The molecule has 0 aromatic heterocycles. The van der Waals surface area contributed by atoms with Gasteiger partial charge in [0.1, 0.15) is 22.6 Å². The van der Waals surface area contributed by atoms with Crippen molar-refractivity contribution in [2.45, 2.75) is 106 Å². The number of hydrogen-bond donors (Lipinski definition) is 6. The van der Waals surface area contributed by atoms with Gasteiger partial charge in [-0.05, 0) is 81.9 Å². The van der Waals surface area contributed by atoms with Gasteiger partial charge in [0.15, 0.2) is 0 Å². The first-order chi connectivity index (χ1) is 22.5. The van der Waals surface area contributed by atoms with E-state index in [4.69, 9.17) is 4.74 Å². The number of anilines is 1. The average Bonchev–Trinajstić information content (AvgIpc) is 3.84. The van der Waals surface area contributed by atoms with Crippen molar-refractivity contribution in [1.82, 2.24) is 20.7 Å². The molecule has 6 N–H and O–H groups in total. The lowest BCUT2D eigenvalue weighted by molar-refractivity contribution is -0.139. The maximum absolute atomic E-state index is 13.4. The molecule has 3 aliphatic carbocycles. The van der Waals surface area contributed by atoms with E-state index < -0.39 is 39.6 Å². The van der Waals surface area contributed by atoms with Crippen LogP contribution in [-0.2, 0) is 29.1 Å². The average molecular weight is 674 g/mol. The Kier molecular flexibility index (Phi) is 11.1. The van der Waals surface area contributed by atoms with Crippen molar-refractivity contribution in [3.63, 3.8) is 0 Å². The lowest BCUT2D eigenvalue weighted by atomic mass is 10.1. The number of hydrogen-bond acceptors (Lipinski definition) is 9. The summed E-state index contributed by atoms with van der Waals surface area (Å²) in [4.78, 5) is 49.9. The second-order valence-electron chi connectivity index (χ2n) is 13.3. The molecule has 5 rings (SSSR count). The Morgan fingerprint density at radius 1 is 1.09 bits per heavy atom. The molecule has 1 aromatic carbocycles. The highest BCUT2D eigenvalue weighted by atomic mass is 32.2. The molecule has 3 unspecified atom stereocenters. The maximum Gasteiger partial charge on any atom is 0.408 e. The number of amides is 3. The lowest BCUT2D eigenvalue weighted by Gasteiger charge is -2.22. The number of carboxylic acids is 1. The highest BCUT2D eigenvalue weighted by molar-refractivity contribution is 7.90. The van der Waals surface area contributed by atoms with E-state index in [1.807, 2.05) is 0 Å². The fourth-order valence-electron chi connectivity index (χ4n) is 6.90. The number of carbonyl (C=O) groups is 4. The van der Waals surface area contributed by atoms with Gasteiger partial charge in [0.05, 0.1) is 11.7 Å². The molecule has 3 saturated carbocycles. The van der Waals surface area contributed by atoms with E-state index in [2.05, 4.69) is 32.6 Å². The molecule has 1 saturated heterocycles. The van der Waals surface area contributed by atoms with Gasteiger partial charge in [-0.25, -0.2) is 22.7 Å². The molecule has 4 aliphatic rings. The number of alkyl carbamates (subject to hydrolysis) is 1. The first kappa shape index (κ1) is 34.7. The number of benzene rings is 1. The molecule has 1 aromatic rings.